The first-order valence-electron chi connectivity index (χ1n) is 12.4. The molecule has 4 aromatic carbocycles. The second-order valence-electron chi connectivity index (χ2n) is 10.9. The Balaban J connectivity index is 1.57. The van der Waals surface area contributed by atoms with Crippen LogP contribution in [0.15, 0.2) is 94.7 Å². The molecule has 0 amide bonds. The molecule has 0 N–H and O–H groups in total. The van der Waals surface area contributed by atoms with E-state index in [-0.39, 0.29) is 0 Å². The molecule has 0 aromatic heterocycles. The molecule has 36 heavy (non-hydrogen) atoms. The van der Waals surface area contributed by atoms with E-state index in [4.69, 9.17) is 20.9 Å². The van der Waals surface area contributed by atoms with Crippen molar-refractivity contribution in [1.29, 1.82) is 0 Å². The van der Waals surface area contributed by atoms with Gasteiger partial charge in [-0.1, -0.05) is 90.1 Å². The Bertz CT molecular complexity index is 1500. The van der Waals surface area contributed by atoms with E-state index < -0.39 is 23.7 Å². The highest BCUT2D eigenvalue weighted by Gasteiger charge is 2.55. The maximum absolute atomic E-state index is 6.67. The van der Waals surface area contributed by atoms with Crippen molar-refractivity contribution in [3.63, 3.8) is 0 Å². The number of halogens is 1. The van der Waals surface area contributed by atoms with Crippen molar-refractivity contribution in [3.05, 3.63) is 112 Å². The van der Waals surface area contributed by atoms with Gasteiger partial charge in [0.25, 0.3) is 0 Å². The lowest BCUT2D eigenvalue weighted by atomic mass is 9.65. The molecule has 5 heteroatoms. The molecule has 2 aliphatic heterocycles. The first-order valence-corrected chi connectivity index (χ1v) is 13.6. The quantitative estimate of drug-likeness (QED) is 0.215. The topological polar surface area (TPSA) is 18.5 Å². The van der Waals surface area contributed by atoms with Crippen LogP contribution in [0.5, 0.6) is 0 Å². The van der Waals surface area contributed by atoms with E-state index >= 15 is 0 Å². The Morgan fingerprint density at radius 2 is 1.25 bits per heavy atom. The minimum Gasteiger partial charge on any atom is -0.399 e. The molecule has 2 nitrogen and oxygen atoms in total. The van der Waals surface area contributed by atoms with E-state index in [1.165, 1.54) is 43.2 Å². The monoisotopic (exact) mass is 508 g/mol. The third-order valence-corrected chi connectivity index (χ3v) is 9.94. The lowest BCUT2D eigenvalue weighted by Gasteiger charge is -2.40. The van der Waals surface area contributed by atoms with Crippen molar-refractivity contribution in [1.82, 2.24) is 0 Å². The van der Waals surface area contributed by atoms with Gasteiger partial charge in [-0.3, -0.25) is 0 Å². The molecule has 3 aliphatic rings. The van der Waals surface area contributed by atoms with E-state index in [1.807, 2.05) is 6.07 Å². The smallest absolute Gasteiger partial charge is 0.399 e. The molecule has 1 spiro atoms. The van der Waals surface area contributed by atoms with Gasteiger partial charge in [0.15, 0.2) is 0 Å². The van der Waals surface area contributed by atoms with Gasteiger partial charge in [0.2, 0.25) is 0 Å². The highest BCUT2D eigenvalue weighted by atomic mass is 35.5. The summed E-state index contributed by atoms with van der Waals surface area (Å²) in [4.78, 5) is 2.42. The summed E-state index contributed by atoms with van der Waals surface area (Å²) in [5.41, 5.74) is 7.43. The van der Waals surface area contributed by atoms with Gasteiger partial charge >= 0.3 is 7.12 Å². The van der Waals surface area contributed by atoms with Crippen LogP contribution in [0.3, 0.4) is 0 Å². The molecule has 0 radical (unpaired) electrons. The molecule has 0 unspecified atom stereocenters. The van der Waals surface area contributed by atoms with Gasteiger partial charge in [0, 0.05) is 14.8 Å². The summed E-state index contributed by atoms with van der Waals surface area (Å²) in [6.07, 6.45) is 0. The molecule has 0 bridgehead atoms. The Labute approximate surface area is 222 Å². The molecule has 1 fully saturated rings. The highest BCUT2D eigenvalue weighted by molar-refractivity contribution is 7.99. The van der Waals surface area contributed by atoms with Gasteiger partial charge in [0.1, 0.15) is 0 Å². The van der Waals surface area contributed by atoms with Crippen molar-refractivity contribution >= 4 is 35.9 Å². The predicted octanol–water partition coefficient (Wildman–Crippen LogP) is 7.47. The van der Waals surface area contributed by atoms with Gasteiger partial charge < -0.3 is 9.31 Å². The molecule has 4 aromatic rings. The number of hydrogen-bond donors (Lipinski definition) is 0. The van der Waals surface area contributed by atoms with Crippen molar-refractivity contribution in [2.24, 2.45) is 0 Å². The Morgan fingerprint density at radius 1 is 0.667 bits per heavy atom. The molecule has 1 saturated heterocycles. The highest BCUT2D eigenvalue weighted by Crippen LogP contribution is 2.62. The normalized spacial score (nSPS) is 19.5. The molecule has 178 valence electrons. The van der Waals surface area contributed by atoms with Crippen molar-refractivity contribution in [2.75, 3.05) is 0 Å². The van der Waals surface area contributed by atoms with Gasteiger partial charge in [-0.25, -0.2) is 0 Å². The number of benzene rings is 4. The molecule has 2 heterocycles. The summed E-state index contributed by atoms with van der Waals surface area (Å²) in [7, 11) is -0.435. The third-order valence-electron chi connectivity index (χ3n) is 8.47. The zero-order chi connectivity index (χ0) is 24.9. The summed E-state index contributed by atoms with van der Waals surface area (Å²) in [5, 5.41) is 0.751. The van der Waals surface area contributed by atoms with E-state index in [9.17, 15) is 0 Å². The van der Waals surface area contributed by atoms with Crippen LogP contribution in [-0.4, -0.2) is 18.3 Å². The van der Waals surface area contributed by atoms with Gasteiger partial charge in [-0.05, 0) is 84.7 Å². The minimum atomic E-state index is -0.465. The predicted molar refractivity (Wildman–Crippen MR) is 149 cm³/mol. The largest absolute Gasteiger partial charge is 0.496 e. The fourth-order valence-corrected chi connectivity index (χ4v) is 7.54. The average molecular weight is 509 g/mol. The second-order valence-corrected chi connectivity index (χ2v) is 12.4. The summed E-state index contributed by atoms with van der Waals surface area (Å²) >= 11 is 8.46. The van der Waals surface area contributed by atoms with Crippen LogP contribution in [0, 0.1) is 0 Å². The van der Waals surface area contributed by atoms with E-state index in [0.717, 1.165) is 10.5 Å². The fourth-order valence-electron chi connectivity index (χ4n) is 6.07. The van der Waals surface area contributed by atoms with Crippen LogP contribution >= 0.6 is 23.4 Å². The Kier molecular flexibility index (Phi) is 4.74. The zero-order valence-corrected chi connectivity index (χ0v) is 22.3. The molecule has 1 aliphatic carbocycles. The van der Waals surface area contributed by atoms with Crippen molar-refractivity contribution in [3.8, 4) is 11.1 Å². The Morgan fingerprint density at radius 3 is 1.89 bits per heavy atom. The van der Waals surface area contributed by atoms with Crippen LogP contribution in [0.1, 0.15) is 49.9 Å². The number of hydrogen-bond acceptors (Lipinski definition) is 3. The van der Waals surface area contributed by atoms with Crippen LogP contribution in [0.2, 0.25) is 5.02 Å². The number of fused-ring (bicyclic) bond motifs is 9. The van der Waals surface area contributed by atoms with Crippen molar-refractivity contribution in [2.45, 2.75) is 54.1 Å². The second kappa shape index (κ2) is 7.52. The molecular weight excluding hydrogens is 483 g/mol. The van der Waals surface area contributed by atoms with Crippen LogP contribution < -0.4 is 5.46 Å². The van der Waals surface area contributed by atoms with E-state index in [2.05, 4.69) is 107 Å². The molecule has 7 rings (SSSR count). The van der Waals surface area contributed by atoms with Crippen molar-refractivity contribution < 1.29 is 9.31 Å². The summed E-state index contributed by atoms with van der Waals surface area (Å²) in [5.74, 6) is 0. The standard InChI is InChI=1S/C31H26BClO2S/c1-29(2)30(3,4)35-32(34-29)26-15-9-14-24-28(26)36-27-17-16-19(33)18-25(27)31(24)22-12-7-5-10-20(22)21-11-6-8-13-23(21)31/h5-18H,1-4H3. The van der Waals surface area contributed by atoms with Gasteiger partial charge in [-0.15, -0.1) is 0 Å². The zero-order valence-electron chi connectivity index (χ0n) is 20.8. The molecule has 0 saturated carbocycles. The summed E-state index contributed by atoms with van der Waals surface area (Å²) < 4.78 is 13.1. The van der Waals surface area contributed by atoms with Crippen LogP contribution in [0.4, 0.5) is 0 Å². The summed E-state index contributed by atoms with van der Waals surface area (Å²) in [6.45, 7) is 8.44. The maximum atomic E-state index is 6.67. The van der Waals surface area contributed by atoms with E-state index in [1.54, 1.807) is 11.8 Å². The van der Waals surface area contributed by atoms with E-state index in [0.29, 0.717) is 0 Å². The number of rotatable bonds is 1. The SMILES string of the molecule is CC1(C)OB(c2cccc3c2Sc2ccc(Cl)cc2C32c3ccccc3-c3ccccc32)OC1(C)C. The molecule has 0 atom stereocenters. The Hall–Kier alpha value is -2.50. The fraction of sp³-hybridized carbons (Fsp3) is 0.226. The lowest BCUT2D eigenvalue weighted by Crippen LogP contribution is -2.41. The lowest BCUT2D eigenvalue weighted by molar-refractivity contribution is 0.00578. The minimum absolute atomic E-state index is 0.407. The maximum Gasteiger partial charge on any atom is 0.496 e. The first-order chi connectivity index (χ1) is 17.2. The van der Waals surface area contributed by atoms with Gasteiger partial charge in [-0.2, -0.15) is 0 Å². The molecular formula is C31H26BClO2S. The average Bonchev–Trinajstić information content (AvgIpc) is 3.27. The van der Waals surface area contributed by atoms with Crippen LogP contribution in [-0.2, 0) is 14.7 Å². The third kappa shape index (κ3) is 2.85. The first kappa shape index (κ1) is 22.7. The summed E-state index contributed by atoms with van der Waals surface area (Å²) in [6, 6.07) is 30.5. The van der Waals surface area contributed by atoms with Crippen LogP contribution in [0.25, 0.3) is 11.1 Å². The van der Waals surface area contributed by atoms with Gasteiger partial charge in [0.05, 0.1) is 16.6 Å².